The zero-order chi connectivity index (χ0) is 15.4. The summed E-state index contributed by atoms with van der Waals surface area (Å²) in [6.45, 7) is 2.16. The van der Waals surface area contributed by atoms with Gasteiger partial charge >= 0.3 is 5.97 Å². The first-order valence-electron chi connectivity index (χ1n) is 6.34. The molecule has 0 spiro atoms. The fraction of sp³-hybridized carbons (Fsp3) is 0.125. The standard InChI is InChI=1S/C16H14ClNO3/c1-10-8-13(17)6-7-14(10)15(19)18-9-11-2-4-12(5-3-11)16(20)21/h2-8H,9H2,1H3,(H,18,19)(H,20,21). The SMILES string of the molecule is Cc1cc(Cl)ccc1C(=O)NCc1ccc(C(=O)O)cc1. The average molecular weight is 304 g/mol. The molecule has 2 aromatic rings. The highest BCUT2D eigenvalue weighted by Gasteiger charge is 2.09. The number of carbonyl (C=O) groups is 2. The second-order valence-electron chi connectivity index (χ2n) is 4.64. The van der Waals surface area contributed by atoms with Gasteiger partial charge in [-0.3, -0.25) is 4.79 Å². The Hall–Kier alpha value is -2.33. The molecule has 1 amide bonds. The Morgan fingerprint density at radius 3 is 2.38 bits per heavy atom. The number of hydrogen-bond acceptors (Lipinski definition) is 2. The summed E-state index contributed by atoms with van der Waals surface area (Å²) < 4.78 is 0. The van der Waals surface area contributed by atoms with E-state index >= 15 is 0 Å². The van der Waals surface area contributed by atoms with E-state index in [0.29, 0.717) is 17.1 Å². The molecule has 0 bridgehead atoms. The topological polar surface area (TPSA) is 66.4 Å². The molecule has 0 heterocycles. The molecule has 108 valence electrons. The lowest BCUT2D eigenvalue weighted by Gasteiger charge is -2.08. The number of rotatable bonds is 4. The van der Waals surface area contributed by atoms with E-state index in [-0.39, 0.29) is 11.5 Å². The van der Waals surface area contributed by atoms with E-state index in [2.05, 4.69) is 5.32 Å². The maximum atomic E-state index is 12.1. The van der Waals surface area contributed by atoms with Crippen molar-refractivity contribution in [2.75, 3.05) is 0 Å². The molecule has 0 radical (unpaired) electrons. The highest BCUT2D eigenvalue weighted by atomic mass is 35.5. The van der Waals surface area contributed by atoms with Crippen molar-refractivity contribution in [3.63, 3.8) is 0 Å². The number of amides is 1. The monoisotopic (exact) mass is 303 g/mol. The largest absolute Gasteiger partial charge is 0.478 e. The van der Waals surface area contributed by atoms with Crippen molar-refractivity contribution in [3.8, 4) is 0 Å². The predicted molar refractivity (Wildman–Crippen MR) is 80.8 cm³/mol. The first-order chi connectivity index (χ1) is 9.97. The van der Waals surface area contributed by atoms with Crippen molar-refractivity contribution in [1.82, 2.24) is 5.32 Å². The minimum Gasteiger partial charge on any atom is -0.478 e. The molecule has 0 fully saturated rings. The molecule has 4 nitrogen and oxygen atoms in total. The summed E-state index contributed by atoms with van der Waals surface area (Å²) in [5.41, 5.74) is 2.43. The molecule has 5 heteroatoms. The van der Waals surface area contributed by atoms with Crippen LogP contribution in [0.1, 0.15) is 31.8 Å². The highest BCUT2D eigenvalue weighted by molar-refractivity contribution is 6.30. The fourth-order valence-corrected chi connectivity index (χ4v) is 2.15. The Kier molecular flexibility index (Phi) is 4.60. The van der Waals surface area contributed by atoms with Gasteiger partial charge in [0.2, 0.25) is 0 Å². The van der Waals surface area contributed by atoms with Crippen LogP contribution in [0, 0.1) is 6.92 Å². The van der Waals surface area contributed by atoms with Crippen molar-refractivity contribution in [3.05, 3.63) is 69.7 Å². The Bertz CT molecular complexity index is 680. The van der Waals surface area contributed by atoms with E-state index < -0.39 is 5.97 Å². The van der Waals surface area contributed by atoms with Crippen molar-refractivity contribution >= 4 is 23.5 Å². The van der Waals surface area contributed by atoms with Gasteiger partial charge in [0.1, 0.15) is 0 Å². The zero-order valence-corrected chi connectivity index (χ0v) is 12.1. The third-order valence-electron chi connectivity index (χ3n) is 3.09. The van der Waals surface area contributed by atoms with E-state index in [4.69, 9.17) is 16.7 Å². The number of hydrogen-bond donors (Lipinski definition) is 2. The van der Waals surface area contributed by atoms with Gasteiger partial charge in [0.05, 0.1) is 5.56 Å². The molecule has 0 aromatic heterocycles. The summed E-state index contributed by atoms with van der Waals surface area (Å²) in [4.78, 5) is 22.8. The first-order valence-corrected chi connectivity index (χ1v) is 6.72. The Balaban J connectivity index is 2.02. The molecule has 0 aliphatic carbocycles. The molecule has 0 aliphatic heterocycles. The summed E-state index contributed by atoms with van der Waals surface area (Å²) in [6, 6.07) is 11.5. The number of carboxylic acids is 1. The Morgan fingerprint density at radius 2 is 1.81 bits per heavy atom. The number of benzene rings is 2. The maximum absolute atomic E-state index is 12.1. The summed E-state index contributed by atoms with van der Waals surface area (Å²) in [5.74, 6) is -1.16. The van der Waals surface area contributed by atoms with Gasteiger partial charge in [0.15, 0.2) is 0 Å². The van der Waals surface area contributed by atoms with Gasteiger partial charge in [-0.25, -0.2) is 4.79 Å². The van der Waals surface area contributed by atoms with E-state index in [1.54, 1.807) is 30.3 Å². The van der Waals surface area contributed by atoms with E-state index in [1.807, 2.05) is 6.92 Å². The molecule has 0 saturated carbocycles. The zero-order valence-electron chi connectivity index (χ0n) is 11.4. The van der Waals surface area contributed by atoms with Crippen LogP contribution in [0.2, 0.25) is 5.02 Å². The molecule has 2 N–H and O–H groups in total. The van der Waals surface area contributed by atoms with Crippen molar-refractivity contribution in [2.24, 2.45) is 0 Å². The summed E-state index contributed by atoms with van der Waals surface area (Å²) in [5, 5.41) is 12.2. The third kappa shape index (κ3) is 3.83. The van der Waals surface area contributed by atoms with Crippen LogP contribution in [-0.2, 0) is 6.54 Å². The predicted octanol–water partition coefficient (Wildman–Crippen LogP) is 3.28. The Morgan fingerprint density at radius 1 is 1.14 bits per heavy atom. The smallest absolute Gasteiger partial charge is 0.335 e. The van der Waals surface area contributed by atoms with Crippen LogP contribution >= 0.6 is 11.6 Å². The van der Waals surface area contributed by atoms with Crippen LogP contribution < -0.4 is 5.32 Å². The summed E-state index contributed by atoms with van der Waals surface area (Å²) >= 11 is 5.86. The quantitative estimate of drug-likeness (QED) is 0.911. The van der Waals surface area contributed by atoms with Crippen LogP contribution in [0.4, 0.5) is 0 Å². The lowest BCUT2D eigenvalue weighted by atomic mass is 10.1. The molecular formula is C16H14ClNO3. The van der Waals surface area contributed by atoms with Crippen LogP contribution in [0.3, 0.4) is 0 Å². The second-order valence-corrected chi connectivity index (χ2v) is 5.08. The summed E-state index contributed by atoms with van der Waals surface area (Å²) in [6.07, 6.45) is 0. The van der Waals surface area contributed by atoms with Crippen molar-refractivity contribution in [1.29, 1.82) is 0 Å². The van der Waals surface area contributed by atoms with Crippen molar-refractivity contribution < 1.29 is 14.7 Å². The van der Waals surface area contributed by atoms with Crippen LogP contribution in [0.15, 0.2) is 42.5 Å². The fourth-order valence-electron chi connectivity index (χ4n) is 1.92. The number of aryl methyl sites for hydroxylation is 1. The van der Waals surface area contributed by atoms with Gasteiger partial charge in [0, 0.05) is 17.1 Å². The summed E-state index contributed by atoms with van der Waals surface area (Å²) in [7, 11) is 0. The lowest BCUT2D eigenvalue weighted by Crippen LogP contribution is -2.23. The maximum Gasteiger partial charge on any atom is 0.335 e. The number of carboxylic acid groups (broad SMARTS) is 1. The van der Waals surface area contributed by atoms with Crippen LogP contribution in [0.5, 0.6) is 0 Å². The molecule has 2 rings (SSSR count). The van der Waals surface area contributed by atoms with Gasteiger partial charge in [0.25, 0.3) is 5.91 Å². The average Bonchev–Trinajstić information content (AvgIpc) is 2.45. The third-order valence-corrected chi connectivity index (χ3v) is 3.32. The molecule has 0 unspecified atom stereocenters. The Labute approximate surface area is 127 Å². The van der Waals surface area contributed by atoms with Gasteiger partial charge in [-0.1, -0.05) is 23.7 Å². The van der Waals surface area contributed by atoms with Gasteiger partial charge in [-0.15, -0.1) is 0 Å². The number of nitrogens with one attached hydrogen (secondary N) is 1. The molecule has 0 aliphatic rings. The molecule has 21 heavy (non-hydrogen) atoms. The first kappa shape index (κ1) is 15.1. The van der Waals surface area contributed by atoms with E-state index in [0.717, 1.165) is 11.1 Å². The minimum atomic E-state index is -0.970. The normalized spacial score (nSPS) is 10.2. The van der Waals surface area contributed by atoms with E-state index in [9.17, 15) is 9.59 Å². The van der Waals surface area contributed by atoms with Gasteiger partial charge < -0.3 is 10.4 Å². The van der Waals surface area contributed by atoms with E-state index in [1.165, 1.54) is 12.1 Å². The highest BCUT2D eigenvalue weighted by Crippen LogP contribution is 2.15. The van der Waals surface area contributed by atoms with Crippen molar-refractivity contribution in [2.45, 2.75) is 13.5 Å². The molecule has 2 aromatic carbocycles. The second kappa shape index (κ2) is 6.41. The molecule has 0 atom stereocenters. The number of aromatic carboxylic acids is 1. The molecule has 0 saturated heterocycles. The lowest BCUT2D eigenvalue weighted by molar-refractivity contribution is 0.0696. The molecular weight excluding hydrogens is 290 g/mol. The number of carbonyl (C=O) groups excluding carboxylic acids is 1. The number of halogens is 1. The van der Waals surface area contributed by atoms with Gasteiger partial charge in [-0.2, -0.15) is 0 Å². The van der Waals surface area contributed by atoms with Crippen LogP contribution in [0.25, 0.3) is 0 Å². The minimum absolute atomic E-state index is 0.188. The van der Waals surface area contributed by atoms with Gasteiger partial charge in [-0.05, 0) is 48.4 Å². The van der Waals surface area contributed by atoms with Crippen LogP contribution in [-0.4, -0.2) is 17.0 Å².